The van der Waals surface area contributed by atoms with Crippen LogP contribution in [-0.4, -0.2) is 26.7 Å². The quantitative estimate of drug-likeness (QED) is 0.424. The topological polar surface area (TPSA) is 86.6 Å². The van der Waals surface area contributed by atoms with Gasteiger partial charge in [-0.15, -0.1) is 12.2 Å². The number of rotatable bonds is 0. The standard InChI is InChI=1S/2C11H16O.2C3H7O.C2H4.Ti/c2*1-8-5-6-10(12)9(7-8)11(2,3)4;2*1-3(2)4;1-2;/h2*5-7,12H,1-4H3;2*3H,1-2H3;1H,2H3;/q;;2*-1;;+2. The molecule has 2 aromatic carbocycles. The van der Waals surface area contributed by atoms with Gasteiger partial charge in [-0.05, 0) is 47.9 Å². The molecule has 2 rings (SSSR count). The molecule has 0 saturated carbocycles. The third-order valence-corrected chi connectivity index (χ3v) is 3.92. The van der Waals surface area contributed by atoms with Crippen molar-refractivity contribution in [3.05, 3.63) is 58.7 Å². The zero-order valence-corrected chi connectivity index (χ0v) is 26.0. The van der Waals surface area contributed by atoms with Crippen LogP contribution >= 0.6 is 0 Å². The SMILES string of the molecule is CC(C)[O-].CC(C)[O-].C[CH]=[Ti+2].Cc1ccc(O)c(C(C)(C)C)c1.Cc1ccc(O)c(C(C)(C)C)c1. The average Bonchev–Trinajstić information content (AvgIpc) is 2.64. The number of hydrogen-bond donors (Lipinski definition) is 2. The van der Waals surface area contributed by atoms with Crippen LogP contribution in [0.5, 0.6) is 11.5 Å². The molecule has 0 unspecified atom stereocenters. The van der Waals surface area contributed by atoms with Crippen LogP contribution in [0.25, 0.3) is 0 Å². The molecule has 0 aliphatic rings. The number of aromatic hydroxyl groups is 2. The first-order chi connectivity index (χ1) is 15.7. The minimum atomic E-state index is -0.417. The monoisotopic (exact) mass is 522 g/mol. The summed E-state index contributed by atoms with van der Waals surface area (Å²) >= 11 is 2.00. The molecule has 0 saturated heterocycles. The van der Waals surface area contributed by atoms with Crippen molar-refractivity contribution in [3.8, 4) is 11.5 Å². The third-order valence-electron chi connectivity index (χ3n) is 3.92. The summed E-state index contributed by atoms with van der Waals surface area (Å²) < 4.78 is 2.00. The van der Waals surface area contributed by atoms with E-state index in [4.69, 9.17) is 0 Å². The van der Waals surface area contributed by atoms with Gasteiger partial charge in [0.1, 0.15) is 11.5 Å². The van der Waals surface area contributed by atoms with Crippen molar-refractivity contribution in [2.24, 2.45) is 0 Å². The van der Waals surface area contributed by atoms with Crippen molar-refractivity contribution < 1.29 is 40.4 Å². The maximum atomic E-state index is 9.57. The zero-order valence-electron chi connectivity index (χ0n) is 24.4. The Kier molecular flexibility index (Phi) is 20.4. The van der Waals surface area contributed by atoms with Crippen molar-refractivity contribution in [3.63, 3.8) is 0 Å². The maximum Gasteiger partial charge on any atom is 0.119 e. The Morgan fingerprint density at radius 1 is 0.686 bits per heavy atom. The Hall–Kier alpha value is -1.46. The fourth-order valence-corrected chi connectivity index (χ4v) is 2.50. The van der Waals surface area contributed by atoms with E-state index in [1.807, 2.05) is 69.3 Å². The van der Waals surface area contributed by atoms with Gasteiger partial charge in [0, 0.05) is 0 Å². The van der Waals surface area contributed by atoms with E-state index in [0.717, 1.165) is 11.1 Å². The summed E-state index contributed by atoms with van der Waals surface area (Å²) in [4.78, 5) is 0. The number of hydrogen-bond acceptors (Lipinski definition) is 4. The van der Waals surface area contributed by atoms with Crippen LogP contribution in [0.15, 0.2) is 36.4 Å². The van der Waals surface area contributed by atoms with Crippen molar-refractivity contribution in [2.45, 2.75) is 113 Å². The van der Waals surface area contributed by atoms with E-state index in [-0.39, 0.29) is 10.8 Å². The smallest absolute Gasteiger partial charge is 0.119 e. The summed E-state index contributed by atoms with van der Waals surface area (Å²) in [5.74, 6) is 0.793. The molecule has 2 aromatic rings. The minimum absolute atomic E-state index is 0.0239. The van der Waals surface area contributed by atoms with Crippen molar-refractivity contribution >= 4 is 4.31 Å². The van der Waals surface area contributed by atoms with Crippen LogP contribution in [-0.2, 0) is 30.8 Å². The molecule has 0 bridgehead atoms. The molecule has 0 spiro atoms. The molecule has 5 heteroatoms. The van der Waals surface area contributed by atoms with Crippen LogP contribution < -0.4 is 10.2 Å². The van der Waals surface area contributed by atoms with Gasteiger partial charge < -0.3 is 20.4 Å². The fraction of sp³-hybridized carbons (Fsp3) is 0.567. The summed E-state index contributed by atoms with van der Waals surface area (Å²) in [5.41, 5.74) is 4.46. The van der Waals surface area contributed by atoms with Gasteiger partial charge in [-0.3, -0.25) is 0 Å². The summed E-state index contributed by atoms with van der Waals surface area (Å²) in [5, 5.41) is 38.2. The third kappa shape index (κ3) is 22.7. The first kappa shape index (κ1) is 38.1. The molecule has 2 N–H and O–H groups in total. The fourth-order valence-electron chi connectivity index (χ4n) is 2.50. The molecular weight excluding hydrogens is 472 g/mol. The Balaban J connectivity index is -0.000000416. The van der Waals surface area contributed by atoms with Crippen molar-refractivity contribution in [2.75, 3.05) is 0 Å². The predicted molar refractivity (Wildman–Crippen MR) is 145 cm³/mol. The predicted octanol–water partition coefficient (Wildman–Crippen LogP) is 5.86. The van der Waals surface area contributed by atoms with Gasteiger partial charge in [-0.25, -0.2) is 0 Å². The molecule has 0 aromatic heterocycles. The Bertz CT molecular complexity index is 756. The van der Waals surface area contributed by atoms with Gasteiger partial charge in [-0.2, -0.15) is 0 Å². The number of aryl methyl sites for hydroxylation is 2. The maximum absolute atomic E-state index is 9.57. The summed E-state index contributed by atoms with van der Waals surface area (Å²) in [6, 6.07) is 11.4. The number of phenols is 2. The second-order valence-corrected chi connectivity index (χ2v) is 11.8. The van der Waals surface area contributed by atoms with Crippen LogP contribution in [0.2, 0.25) is 0 Å². The molecule has 0 amide bonds. The summed E-state index contributed by atoms with van der Waals surface area (Å²) in [6.45, 7) is 25.1. The second kappa shape index (κ2) is 18.8. The van der Waals surface area contributed by atoms with Gasteiger partial charge in [-0.1, -0.05) is 105 Å². The van der Waals surface area contributed by atoms with E-state index in [1.54, 1.807) is 39.8 Å². The molecule has 0 fully saturated rings. The van der Waals surface area contributed by atoms with Crippen molar-refractivity contribution in [1.82, 2.24) is 0 Å². The number of phenolic OH excluding ortho intramolecular Hbond substituents is 2. The Morgan fingerprint density at radius 3 is 1.03 bits per heavy atom. The van der Waals surface area contributed by atoms with Crippen molar-refractivity contribution in [1.29, 1.82) is 0 Å². The average molecular weight is 523 g/mol. The van der Waals surface area contributed by atoms with E-state index < -0.39 is 12.2 Å². The van der Waals surface area contributed by atoms with Crippen LogP contribution in [0.3, 0.4) is 0 Å². The summed E-state index contributed by atoms with van der Waals surface area (Å²) in [7, 11) is 0. The first-order valence-corrected chi connectivity index (χ1v) is 13.0. The first-order valence-electron chi connectivity index (χ1n) is 12.1. The summed E-state index contributed by atoms with van der Waals surface area (Å²) in [6.07, 6.45) is -0.833. The van der Waals surface area contributed by atoms with E-state index in [0.29, 0.717) is 11.5 Å². The minimum Gasteiger partial charge on any atom is -0.508 e. The number of benzene rings is 2. The van der Waals surface area contributed by atoms with Crippen LogP contribution in [0, 0.1) is 13.8 Å². The zero-order chi connectivity index (χ0) is 28.6. The molecule has 35 heavy (non-hydrogen) atoms. The van der Waals surface area contributed by atoms with Gasteiger partial charge in [0.05, 0.1) is 0 Å². The van der Waals surface area contributed by atoms with E-state index >= 15 is 0 Å². The Morgan fingerprint density at radius 2 is 0.886 bits per heavy atom. The van der Waals surface area contributed by atoms with Crippen LogP contribution in [0.4, 0.5) is 0 Å². The van der Waals surface area contributed by atoms with E-state index in [2.05, 4.69) is 41.5 Å². The van der Waals surface area contributed by atoms with Crippen LogP contribution in [0.1, 0.15) is 98.4 Å². The molecule has 4 nitrogen and oxygen atoms in total. The molecule has 0 heterocycles. The van der Waals surface area contributed by atoms with Gasteiger partial charge in [0.2, 0.25) is 0 Å². The van der Waals surface area contributed by atoms with Gasteiger partial charge >= 0.3 is 31.2 Å². The molecule has 0 radical (unpaired) electrons. The molecule has 198 valence electrons. The van der Waals surface area contributed by atoms with E-state index in [9.17, 15) is 20.4 Å². The van der Waals surface area contributed by atoms with Gasteiger partial charge in [0.15, 0.2) is 0 Å². The molecule has 0 atom stereocenters. The molecule has 0 aliphatic carbocycles. The van der Waals surface area contributed by atoms with Gasteiger partial charge in [0.25, 0.3) is 0 Å². The molecular formula is C30H50O4Ti. The molecule has 0 aliphatic heterocycles. The normalized spacial score (nSPS) is 10.5. The largest absolute Gasteiger partial charge is 0.508 e. The Labute approximate surface area is 227 Å². The van der Waals surface area contributed by atoms with E-state index in [1.165, 1.54) is 11.1 Å². The second-order valence-electron chi connectivity index (χ2n) is 10.9.